The lowest BCUT2D eigenvalue weighted by molar-refractivity contribution is -0.141. The Balaban J connectivity index is 1.63. The van der Waals surface area contributed by atoms with Crippen molar-refractivity contribution < 1.29 is 40.7 Å². The number of rotatable bonds is 8. The Hall–Kier alpha value is -3.44. The van der Waals surface area contributed by atoms with Crippen LogP contribution in [0, 0.1) is 17.2 Å². The van der Waals surface area contributed by atoms with Crippen molar-refractivity contribution in [1.29, 1.82) is 5.26 Å². The predicted molar refractivity (Wildman–Crippen MR) is 125 cm³/mol. The first-order chi connectivity index (χ1) is 17.8. The quantitative estimate of drug-likeness (QED) is 0.491. The molecule has 0 aliphatic heterocycles. The number of ether oxygens (including phenoxy) is 2. The summed E-state index contributed by atoms with van der Waals surface area (Å²) in [5, 5.41) is 14.5. The summed E-state index contributed by atoms with van der Waals surface area (Å²) >= 11 is 0. The van der Waals surface area contributed by atoms with Gasteiger partial charge in [0, 0.05) is 18.9 Å². The molecule has 1 aromatic heterocycles. The van der Waals surface area contributed by atoms with Crippen molar-refractivity contribution in [3.05, 3.63) is 36.2 Å². The van der Waals surface area contributed by atoms with Crippen LogP contribution < -0.4 is 5.32 Å². The highest BCUT2D eigenvalue weighted by Crippen LogP contribution is 2.43. The lowest BCUT2D eigenvalue weighted by Gasteiger charge is -2.19. The van der Waals surface area contributed by atoms with E-state index in [4.69, 9.17) is 4.74 Å². The van der Waals surface area contributed by atoms with Crippen molar-refractivity contribution in [2.24, 2.45) is 5.92 Å². The molecule has 1 amide bonds. The summed E-state index contributed by atoms with van der Waals surface area (Å²) in [5.74, 6) is -2.08. The molecule has 1 heterocycles. The van der Waals surface area contributed by atoms with Gasteiger partial charge in [0.15, 0.2) is 9.84 Å². The number of methoxy groups -OCH3 is 2. The second kappa shape index (κ2) is 10.0. The van der Waals surface area contributed by atoms with Gasteiger partial charge in [-0.1, -0.05) is 6.07 Å². The number of alkyl halides is 3. The number of hydrogen-bond acceptors (Lipinski definition) is 8. The third kappa shape index (κ3) is 5.39. The van der Waals surface area contributed by atoms with Gasteiger partial charge in [0.1, 0.15) is 12.1 Å². The summed E-state index contributed by atoms with van der Waals surface area (Å²) < 4.78 is 80.3. The lowest BCUT2D eigenvalue weighted by Crippen LogP contribution is -2.42. The highest BCUT2D eigenvalue weighted by atomic mass is 32.2. The molecule has 1 aromatic carbocycles. The summed E-state index contributed by atoms with van der Waals surface area (Å²) in [7, 11) is -2.05. The number of benzene rings is 1. The molecule has 1 N–H and O–H groups in total. The molecule has 10 nitrogen and oxygen atoms in total. The Morgan fingerprint density at radius 1 is 1.24 bits per heavy atom. The minimum Gasteiger partial charge on any atom is -0.468 e. The van der Waals surface area contributed by atoms with E-state index in [0.717, 1.165) is 12.1 Å². The fourth-order valence-corrected chi connectivity index (χ4v) is 6.62. The normalized spacial score (nSPS) is 22.5. The number of esters is 1. The molecule has 0 unspecified atom stereocenters. The van der Waals surface area contributed by atoms with Crippen LogP contribution in [0.25, 0.3) is 11.1 Å². The Labute approximate surface area is 216 Å². The number of nitrogens with one attached hydrogen (secondary N) is 1. The molecule has 0 bridgehead atoms. The van der Waals surface area contributed by atoms with E-state index in [9.17, 15) is 36.4 Å². The number of nitrogens with zero attached hydrogens (tertiary/aromatic N) is 3. The van der Waals surface area contributed by atoms with E-state index in [1.807, 2.05) is 6.07 Å². The summed E-state index contributed by atoms with van der Waals surface area (Å²) in [4.78, 5) is 23.3. The first kappa shape index (κ1) is 27.6. The summed E-state index contributed by atoms with van der Waals surface area (Å²) in [6, 6.07) is 4.88. The van der Waals surface area contributed by atoms with E-state index in [1.54, 1.807) is 0 Å². The summed E-state index contributed by atoms with van der Waals surface area (Å²) in [6.45, 7) is -0.248. The average molecular weight is 555 g/mol. The molecule has 0 saturated heterocycles. The van der Waals surface area contributed by atoms with Crippen LogP contribution in [-0.2, 0) is 41.6 Å². The second-order valence-corrected chi connectivity index (χ2v) is 11.6. The van der Waals surface area contributed by atoms with E-state index in [2.05, 4.69) is 15.2 Å². The van der Waals surface area contributed by atoms with E-state index in [0.29, 0.717) is 12.8 Å². The Morgan fingerprint density at radius 3 is 2.53 bits per heavy atom. The molecule has 14 heteroatoms. The van der Waals surface area contributed by atoms with Crippen LogP contribution in [0.15, 0.2) is 35.5 Å². The zero-order valence-electron chi connectivity index (χ0n) is 20.5. The number of aromatic nitrogens is 2. The standard InChI is InChI=1S/C24H25F3N4O6S/c1-36-19-9-16(8-17(19)22(33)30-23(13-28)5-6-23)38(34,35)20-4-3-14(7-18(20)24(25,26)27)15-10-29-31(11-15)12-21(32)37-2/h3-4,7,10-11,16-17,19H,5-6,8-9,12H2,1-2H3,(H,30,33)/t16-,17-,19-/m0/s1. The van der Waals surface area contributed by atoms with Gasteiger partial charge in [-0.25, -0.2) is 8.42 Å². The SMILES string of the molecule is COC(=O)Cn1cc(-c2ccc(S(=O)(=O)[C@@H]3C[C@H](OC)[C@@H](C(=O)NC4(C#N)CC4)C3)c(C(F)(F)F)c2)cn1. The molecule has 2 saturated carbocycles. The van der Waals surface area contributed by atoms with Gasteiger partial charge < -0.3 is 14.8 Å². The van der Waals surface area contributed by atoms with Crippen LogP contribution in [0.1, 0.15) is 31.2 Å². The van der Waals surface area contributed by atoms with Gasteiger partial charge in [-0.3, -0.25) is 14.3 Å². The average Bonchev–Trinajstić information content (AvgIpc) is 3.27. The van der Waals surface area contributed by atoms with E-state index in [1.165, 1.54) is 37.4 Å². The third-order valence-electron chi connectivity index (χ3n) is 6.94. The first-order valence-electron chi connectivity index (χ1n) is 11.6. The van der Waals surface area contributed by atoms with Crippen LogP contribution in [0.2, 0.25) is 0 Å². The van der Waals surface area contributed by atoms with Crippen molar-refractivity contribution >= 4 is 21.7 Å². The van der Waals surface area contributed by atoms with Crippen molar-refractivity contribution in [1.82, 2.24) is 15.1 Å². The number of nitriles is 1. The van der Waals surface area contributed by atoms with Gasteiger partial charge in [0.2, 0.25) is 5.91 Å². The fraction of sp³-hybridized carbons (Fsp3) is 0.500. The van der Waals surface area contributed by atoms with Gasteiger partial charge in [0.05, 0.1) is 47.1 Å². The maximum atomic E-state index is 14.1. The molecule has 4 rings (SSSR count). The van der Waals surface area contributed by atoms with Gasteiger partial charge in [-0.15, -0.1) is 0 Å². The zero-order valence-corrected chi connectivity index (χ0v) is 21.3. The van der Waals surface area contributed by atoms with E-state index >= 15 is 0 Å². The molecular formula is C24H25F3N4O6S. The molecule has 0 radical (unpaired) electrons. The number of halogens is 3. The number of amides is 1. The van der Waals surface area contributed by atoms with Crippen LogP contribution >= 0.6 is 0 Å². The molecule has 0 spiro atoms. The molecule has 2 fully saturated rings. The van der Waals surface area contributed by atoms with E-state index in [-0.39, 0.29) is 30.5 Å². The Bertz CT molecular complexity index is 1390. The van der Waals surface area contributed by atoms with Gasteiger partial charge >= 0.3 is 12.1 Å². The number of sulfone groups is 1. The maximum absolute atomic E-state index is 14.1. The molecule has 38 heavy (non-hydrogen) atoms. The van der Waals surface area contributed by atoms with Crippen molar-refractivity contribution in [2.75, 3.05) is 14.2 Å². The predicted octanol–water partition coefficient (Wildman–Crippen LogP) is 2.48. The van der Waals surface area contributed by atoms with Crippen LogP contribution in [-0.4, -0.2) is 61.2 Å². The van der Waals surface area contributed by atoms with Gasteiger partial charge in [-0.2, -0.15) is 23.5 Å². The summed E-state index contributed by atoms with van der Waals surface area (Å²) in [6.07, 6.45) is -2.69. The first-order valence-corrected chi connectivity index (χ1v) is 13.2. The van der Waals surface area contributed by atoms with Crippen LogP contribution in [0.4, 0.5) is 13.2 Å². The highest BCUT2D eigenvalue weighted by molar-refractivity contribution is 7.92. The molecule has 2 aliphatic rings. The largest absolute Gasteiger partial charge is 0.468 e. The maximum Gasteiger partial charge on any atom is 0.417 e. The van der Waals surface area contributed by atoms with Crippen LogP contribution in [0.3, 0.4) is 0 Å². The zero-order chi connectivity index (χ0) is 27.9. The Morgan fingerprint density at radius 2 is 1.95 bits per heavy atom. The van der Waals surface area contributed by atoms with Crippen molar-refractivity contribution in [3.8, 4) is 17.2 Å². The second-order valence-electron chi connectivity index (χ2n) is 9.41. The topological polar surface area (TPSA) is 140 Å². The van der Waals surface area contributed by atoms with Crippen molar-refractivity contribution in [2.45, 2.75) is 60.2 Å². The minimum atomic E-state index is -5.00. The lowest BCUT2D eigenvalue weighted by atomic mass is 10.0. The number of carbonyl (C=O) groups is 2. The van der Waals surface area contributed by atoms with Crippen molar-refractivity contribution in [3.63, 3.8) is 0 Å². The fourth-order valence-electron chi connectivity index (χ4n) is 4.62. The van der Waals surface area contributed by atoms with Gasteiger partial charge in [-0.05, 0) is 43.4 Å². The summed E-state index contributed by atoms with van der Waals surface area (Å²) in [5.41, 5.74) is -2.03. The molecule has 204 valence electrons. The van der Waals surface area contributed by atoms with Gasteiger partial charge in [0.25, 0.3) is 0 Å². The molecule has 2 aromatic rings. The molecule has 2 aliphatic carbocycles. The Kier molecular flexibility index (Phi) is 7.28. The third-order valence-corrected chi connectivity index (χ3v) is 9.17. The van der Waals surface area contributed by atoms with E-state index < -0.39 is 61.2 Å². The highest BCUT2D eigenvalue weighted by Gasteiger charge is 2.51. The van der Waals surface area contributed by atoms with Crippen LogP contribution in [0.5, 0.6) is 0 Å². The molecular weight excluding hydrogens is 529 g/mol. The molecule has 3 atom stereocenters. The minimum absolute atomic E-state index is 0.0528. The monoisotopic (exact) mass is 554 g/mol. The smallest absolute Gasteiger partial charge is 0.417 e. The number of hydrogen-bond donors (Lipinski definition) is 1. The number of carbonyl (C=O) groups excluding carboxylic acids is 2.